The Morgan fingerprint density at radius 2 is 1.86 bits per heavy atom. The molecule has 2 aliphatic rings. The summed E-state index contributed by atoms with van der Waals surface area (Å²) in [5.41, 5.74) is 7.93. The normalized spacial score (nSPS) is 17.6. The van der Waals surface area contributed by atoms with Crippen LogP contribution in [-0.2, 0) is 40.9 Å². The van der Waals surface area contributed by atoms with Crippen molar-refractivity contribution in [3.05, 3.63) is 86.7 Å². The Hall–Kier alpha value is -3.76. The molecule has 1 saturated heterocycles. The molecular weight excluding hydrogens is 691 g/mol. The van der Waals surface area contributed by atoms with Crippen LogP contribution >= 0.6 is 11.3 Å². The quantitative estimate of drug-likeness (QED) is 0.154. The van der Waals surface area contributed by atoms with Gasteiger partial charge in [0.15, 0.2) is 0 Å². The summed E-state index contributed by atoms with van der Waals surface area (Å²) in [5.74, 6) is -0.427. The number of aromatic nitrogens is 1. The van der Waals surface area contributed by atoms with E-state index in [0.29, 0.717) is 38.2 Å². The fourth-order valence-corrected chi connectivity index (χ4v) is 8.83. The van der Waals surface area contributed by atoms with Crippen LogP contribution in [0.5, 0.6) is 0 Å². The van der Waals surface area contributed by atoms with Crippen molar-refractivity contribution in [2.45, 2.75) is 88.7 Å². The third kappa shape index (κ3) is 9.57. The van der Waals surface area contributed by atoms with Crippen molar-refractivity contribution in [2.75, 3.05) is 26.2 Å². The van der Waals surface area contributed by atoms with Gasteiger partial charge in [-0.1, -0.05) is 74.3 Å². The number of hydrogen-bond acceptors (Lipinski definition) is 10. The van der Waals surface area contributed by atoms with Gasteiger partial charge in [0.1, 0.15) is 17.6 Å². The lowest BCUT2D eigenvalue weighted by Crippen LogP contribution is -2.57. The lowest BCUT2D eigenvalue weighted by molar-refractivity contribution is -0.128. The van der Waals surface area contributed by atoms with E-state index in [2.05, 4.69) is 15.5 Å². The maximum atomic E-state index is 14.3. The molecule has 1 aliphatic carbocycles. The molecule has 3 amide bonds. The summed E-state index contributed by atoms with van der Waals surface area (Å²) in [6, 6.07) is 13.5. The van der Waals surface area contributed by atoms with E-state index in [1.807, 2.05) is 49.6 Å². The highest BCUT2D eigenvalue weighted by Crippen LogP contribution is 2.30. The Balaban J connectivity index is 1.37. The number of carbonyl (C=O) groups is 2. The number of thiazole rings is 1. The molecule has 276 valence electrons. The molecule has 4 atom stereocenters. The molecule has 51 heavy (non-hydrogen) atoms. The zero-order valence-electron chi connectivity index (χ0n) is 29.3. The molecule has 15 heteroatoms. The zero-order chi connectivity index (χ0) is 36.5. The molecule has 2 aromatic carbocycles. The van der Waals surface area contributed by atoms with Crippen molar-refractivity contribution in [3.8, 4) is 0 Å². The number of nitrogens with two attached hydrogens (primary N) is 1. The average molecular weight is 740 g/mol. The van der Waals surface area contributed by atoms with E-state index in [1.54, 1.807) is 21.9 Å². The summed E-state index contributed by atoms with van der Waals surface area (Å²) < 4.78 is 29.4. The standard InChI is InChI=1S/C36H49N7O6S2/c1-3-25(2)34(43-17-16-41(36(43)46)22-29-24-50-33(19-37)39-29)35(45)40-31(18-26-8-5-4-6-9-26)32(44)23-42(21-28-10-7-11-28)51(48,49)30-14-12-27(13-15-30)20-38-47/h4-6,8-9,12-15,24-25,28,31-32,34,44H,3,7,10-11,16-23,37H2,1-2H3,(H,40,45)/t25-,31-,32+,34-/m0/s1. The second-order valence-electron chi connectivity index (χ2n) is 13.6. The van der Waals surface area contributed by atoms with Crippen molar-refractivity contribution < 1.29 is 23.1 Å². The molecule has 0 radical (unpaired) electrons. The Morgan fingerprint density at radius 3 is 2.47 bits per heavy atom. The Bertz CT molecular complexity index is 1720. The van der Waals surface area contributed by atoms with Crippen LogP contribution in [0.3, 0.4) is 0 Å². The number of sulfonamides is 1. The number of aliphatic hydroxyl groups is 1. The molecule has 0 bridgehead atoms. The van der Waals surface area contributed by atoms with Crippen LogP contribution in [-0.4, -0.2) is 88.9 Å². The van der Waals surface area contributed by atoms with Crippen LogP contribution in [0.2, 0.25) is 0 Å². The first-order valence-electron chi connectivity index (χ1n) is 17.6. The predicted octanol–water partition coefficient (Wildman–Crippen LogP) is 4.10. The average Bonchev–Trinajstić information content (AvgIpc) is 3.72. The van der Waals surface area contributed by atoms with E-state index in [-0.39, 0.29) is 48.8 Å². The predicted molar refractivity (Wildman–Crippen MR) is 196 cm³/mol. The number of nitrogens with zero attached hydrogens (tertiary/aromatic N) is 5. The third-order valence-electron chi connectivity index (χ3n) is 10.0. The number of rotatable bonds is 19. The largest absolute Gasteiger partial charge is 0.390 e. The summed E-state index contributed by atoms with van der Waals surface area (Å²) in [5, 5.41) is 20.5. The van der Waals surface area contributed by atoms with E-state index in [9.17, 15) is 28.0 Å². The van der Waals surface area contributed by atoms with Crippen LogP contribution in [0, 0.1) is 16.7 Å². The smallest absolute Gasteiger partial charge is 0.321 e. The highest BCUT2D eigenvalue weighted by atomic mass is 32.2. The molecule has 1 aromatic heterocycles. The second kappa shape index (κ2) is 17.6. The van der Waals surface area contributed by atoms with E-state index < -0.39 is 34.1 Å². The van der Waals surface area contributed by atoms with Crippen molar-refractivity contribution in [1.82, 2.24) is 24.4 Å². The maximum absolute atomic E-state index is 14.3. The Kier molecular flexibility index (Phi) is 13.3. The van der Waals surface area contributed by atoms with Crippen molar-refractivity contribution in [2.24, 2.45) is 22.7 Å². The topological polar surface area (TPSA) is 179 Å². The SMILES string of the molecule is CC[C@H](C)[C@@H](C(=O)N[C@@H](Cc1ccccc1)[C@H](O)CN(CC1CCC1)S(=O)(=O)c1ccc(CN=O)cc1)N1CCN(Cc2csc(CN)n2)C1=O. The number of benzene rings is 2. The highest BCUT2D eigenvalue weighted by molar-refractivity contribution is 7.89. The fraction of sp³-hybridized carbons (Fsp3) is 0.528. The molecule has 1 aliphatic heterocycles. The van der Waals surface area contributed by atoms with Gasteiger partial charge in [-0.2, -0.15) is 9.21 Å². The lowest BCUT2D eigenvalue weighted by atomic mass is 9.85. The van der Waals surface area contributed by atoms with E-state index in [0.717, 1.165) is 35.5 Å². The number of hydrogen-bond donors (Lipinski definition) is 3. The van der Waals surface area contributed by atoms with Gasteiger partial charge >= 0.3 is 6.03 Å². The minimum atomic E-state index is -4.04. The first kappa shape index (κ1) is 38.5. The van der Waals surface area contributed by atoms with E-state index >= 15 is 0 Å². The summed E-state index contributed by atoms with van der Waals surface area (Å²) >= 11 is 1.45. The number of nitroso groups, excluding NO2 is 1. The van der Waals surface area contributed by atoms with Gasteiger partial charge in [0, 0.05) is 38.1 Å². The summed E-state index contributed by atoms with van der Waals surface area (Å²) in [7, 11) is -4.04. The molecule has 0 unspecified atom stereocenters. The van der Waals surface area contributed by atoms with Gasteiger partial charge in [0.25, 0.3) is 0 Å². The monoisotopic (exact) mass is 739 g/mol. The van der Waals surface area contributed by atoms with Crippen LogP contribution in [0.1, 0.15) is 61.4 Å². The zero-order valence-corrected chi connectivity index (χ0v) is 30.9. The lowest BCUT2D eigenvalue weighted by Gasteiger charge is -2.36. The molecule has 5 rings (SSSR count). The minimum Gasteiger partial charge on any atom is -0.390 e. The van der Waals surface area contributed by atoms with Gasteiger partial charge in [-0.3, -0.25) is 4.79 Å². The molecule has 13 nitrogen and oxygen atoms in total. The number of urea groups is 1. The van der Waals surface area contributed by atoms with Gasteiger partial charge in [-0.05, 0) is 54.4 Å². The van der Waals surface area contributed by atoms with E-state index in [1.165, 1.54) is 27.8 Å². The van der Waals surface area contributed by atoms with Crippen molar-refractivity contribution in [1.29, 1.82) is 0 Å². The van der Waals surface area contributed by atoms with Gasteiger partial charge in [-0.25, -0.2) is 18.2 Å². The second-order valence-corrected chi connectivity index (χ2v) is 16.5. The number of carbonyl (C=O) groups excluding carboxylic acids is 2. The van der Waals surface area contributed by atoms with Crippen LogP contribution in [0.4, 0.5) is 4.79 Å². The molecule has 2 fully saturated rings. The van der Waals surface area contributed by atoms with Crippen LogP contribution in [0.25, 0.3) is 0 Å². The Labute approximate surface area is 304 Å². The first-order valence-corrected chi connectivity index (χ1v) is 19.9. The summed E-state index contributed by atoms with van der Waals surface area (Å²) in [4.78, 5) is 46.6. The molecule has 2 heterocycles. The molecule has 0 spiro atoms. The van der Waals surface area contributed by atoms with Crippen LogP contribution < -0.4 is 11.1 Å². The van der Waals surface area contributed by atoms with Gasteiger partial charge in [0.05, 0.1) is 29.3 Å². The van der Waals surface area contributed by atoms with Gasteiger partial charge < -0.3 is 26.0 Å². The van der Waals surface area contributed by atoms with Gasteiger partial charge in [0.2, 0.25) is 15.9 Å². The Morgan fingerprint density at radius 1 is 1.14 bits per heavy atom. The van der Waals surface area contributed by atoms with Crippen LogP contribution in [0.15, 0.2) is 70.0 Å². The highest BCUT2D eigenvalue weighted by Gasteiger charge is 2.41. The minimum absolute atomic E-state index is 0.0538. The fourth-order valence-electron chi connectivity index (χ4n) is 6.63. The van der Waals surface area contributed by atoms with Crippen molar-refractivity contribution >= 4 is 33.3 Å². The van der Waals surface area contributed by atoms with Gasteiger partial charge in [-0.15, -0.1) is 11.3 Å². The molecule has 3 aromatic rings. The molecule has 1 saturated carbocycles. The number of aliphatic hydroxyl groups excluding tert-OH is 1. The van der Waals surface area contributed by atoms with E-state index in [4.69, 9.17) is 5.73 Å². The summed E-state index contributed by atoms with van der Waals surface area (Å²) in [6.07, 6.45) is 2.42. The number of nitrogens with one attached hydrogen (secondary N) is 1. The third-order valence-corrected chi connectivity index (χ3v) is 12.8. The first-order chi connectivity index (χ1) is 24.5. The van der Waals surface area contributed by atoms with Crippen molar-refractivity contribution in [3.63, 3.8) is 0 Å². The summed E-state index contributed by atoms with van der Waals surface area (Å²) in [6.45, 7) is 5.27. The molecule has 4 N–H and O–H groups in total. The maximum Gasteiger partial charge on any atom is 0.321 e. The molecular formula is C36H49N7O6S2. The number of amides is 3.